The van der Waals surface area contributed by atoms with Crippen molar-refractivity contribution in [2.75, 3.05) is 5.32 Å². The van der Waals surface area contributed by atoms with Gasteiger partial charge >= 0.3 is 6.03 Å². The number of carbonyl (C=O) groups excluding carboxylic acids is 1. The summed E-state index contributed by atoms with van der Waals surface area (Å²) in [5, 5.41) is 6.75. The van der Waals surface area contributed by atoms with Crippen LogP contribution in [0.1, 0.15) is 27.9 Å². The molecule has 30 heavy (non-hydrogen) atoms. The lowest BCUT2D eigenvalue weighted by molar-refractivity contribution is 0.251. The van der Waals surface area contributed by atoms with E-state index in [1.165, 1.54) is 16.7 Å². The first-order valence-electron chi connectivity index (χ1n) is 9.96. The molecule has 2 N–H and O–H groups in total. The van der Waals surface area contributed by atoms with Crippen molar-refractivity contribution < 1.29 is 4.79 Å². The number of carbonyl (C=O) groups is 1. The van der Waals surface area contributed by atoms with Crippen LogP contribution in [0.3, 0.4) is 0 Å². The number of anilines is 1. The smallest absolute Gasteiger partial charge is 0.319 e. The molecule has 5 nitrogen and oxygen atoms in total. The van der Waals surface area contributed by atoms with Crippen LogP contribution in [0.4, 0.5) is 10.5 Å². The molecular formula is C25H24N4O. The number of nitrogens with one attached hydrogen (secondary N) is 2. The highest BCUT2D eigenvalue weighted by molar-refractivity contribution is 5.91. The zero-order valence-corrected chi connectivity index (χ0v) is 17.1. The van der Waals surface area contributed by atoms with Crippen molar-refractivity contribution >= 4 is 22.6 Å². The Morgan fingerprint density at radius 2 is 1.80 bits per heavy atom. The molecule has 0 aliphatic carbocycles. The van der Waals surface area contributed by atoms with E-state index in [-0.39, 0.29) is 6.03 Å². The molecule has 0 bridgehead atoms. The number of aromatic nitrogens is 2. The molecule has 150 valence electrons. The molecule has 0 spiro atoms. The van der Waals surface area contributed by atoms with Gasteiger partial charge in [-0.05, 0) is 66.8 Å². The average Bonchev–Trinajstić information content (AvgIpc) is 2.74. The van der Waals surface area contributed by atoms with Crippen LogP contribution in [0.25, 0.3) is 10.9 Å². The van der Waals surface area contributed by atoms with E-state index in [0.29, 0.717) is 12.2 Å². The molecule has 0 unspecified atom stereocenters. The van der Waals surface area contributed by atoms with E-state index in [2.05, 4.69) is 51.8 Å². The highest BCUT2D eigenvalue weighted by atomic mass is 16.2. The van der Waals surface area contributed by atoms with E-state index in [4.69, 9.17) is 0 Å². The Balaban J connectivity index is 1.35. The standard InChI is InChI=1S/C25H24N4O/c1-17-11-20(7-8-21(17)13-19-9-10-26-18(2)12-19)15-28-25(30)29-23-14-22-5-3-4-6-24(22)27-16-23/h3-12,14,16H,13,15H2,1-2H3,(H2,28,29,30). The number of urea groups is 1. The molecule has 2 aromatic heterocycles. The van der Waals surface area contributed by atoms with Gasteiger partial charge in [0.1, 0.15) is 0 Å². The van der Waals surface area contributed by atoms with Gasteiger partial charge in [0, 0.05) is 23.8 Å². The van der Waals surface area contributed by atoms with E-state index < -0.39 is 0 Å². The first-order chi connectivity index (χ1) is 14.6. The number of rotatable bonds is 5. The summed E-state index contributed by atoms with van der Waals surface area (Å²) in [4.78, 5) is 20.9. The van der Waals surface area contributed by atoms with Crippen LogP contribution < -0.4 is 10.6 Å². The van der Waals surface area contributed by atoms with Crippen molar-refractivity contribution in [3.63, 3.8) is 0 Å². The van der Waals surface area contributed by atoms with Gasteiger partial charge in [0.05, 0.1) is 17.4 Å². The molecule has 0 saturated heterocycles. The number of aryl methyl sites for hydroxylation is 2. The SMILES string of the molecule is Cc1cc(Cc2ccc(CNC(=O)Nc3cnc4ccccc4c3)cc2C)ccn1. The minimum Gasteiger partial charge on any atom is -0.334 e. The predicted molar refractivity (Wildman–Crippen MR) is 121 cm³/mol. The number of fused-ring (bicyclic) bond motifs is 1. The maximum absolute atomic E-state index is 12.3. The van der Waals surface area contributed by atoms with Gasteiger partial charge in [-0.3, -0.25) is 9.97 Å². The third-order valence-electron chi connectivity index (χ3n) is 5.06. The fraction of sp³-hybridized carbons (Fsp3) is 0.160. The number of hydrogen-bond donors (Lipinski definition) is 2. The Morgan fingerprint density at radius 1 is 0.933 bits per heavy atom. The molecule has 0 atom stereocenters. The summed E-state index contributed by atoms with van der Waals surface area (Å²) >= 11 is 0. The summed E-state index contributed by atoms with van der Waals surface area (Å²) in [6.07, 6.45) is 4.39. The van der Waals surface area contributed by atoms with Gasteiger partial charge in [0.15, 0.2) is 0 Å². The maximum Gasteiger partial charge on any atom is 0.319 e. The molecule has 0 fully saturated rings. The molecule has 0 radical (unpaired) electrons. The maximum atomic E-state index is 12.3. The van der Waals surface area contributed by atoms with Crippen LogP contribution in [0.2, 0.25) is 0 Å². The van der Waals surface area contributed by atoms with Crippen LogP contribution in [0, 0.1) is 13.8 Å². The van der Waals surface area contributed by atoms with E-state index >= 15 is 0 Å². The van der Waals surface area contributed by atoms with Crippen LogP contribution in [0.5, 0.6) is 0 Å². The molecular weight excluding hydrogens is 372 g/mol. The van der Waals surface area contributed by atoms with Crippen LogP contribution in [-0.2, 0) is 13.0 Å². The zero-order valence-electron chi connectivity index (χ0n) is 17.1. The third kappa shape index (κ3) is 4.81. The highest BCUT2D eigenvalue weighted by Crippen LogP contribution is 2.17. The Bertz CT molecular complexity index is 1200. The van der Waals surface area contributed by atoms with E-state index in [0.717, 1.165) is 28.6 Å². The minimum absolute atomic E-state index is 0.249. The van der Waals surface area contributed by atoms with Crippen molar-refractivity contribution in [2.45, 2.75) is 26.8 Å². The van der Waals surface area contributed by atoms with Crippen molar-refractivity contribution in [1.82, 2.24) is 15.3 Å². The Morgan fingerprint density at radius 3 is 2.63 bits per heavy atom. The topological polar surface area (TPSA) is 66.9 Å². The van der Waals surface area contributed by atoms with Crippen molar-refractivity contribution in [3.8, 4) is 0 Å². The quantitative estimate of drug-likeness (QED) is 0.490. The molecule has 4 rings (SSSR count). The minimum atomic E-state index is -0.249. The molecule has 2 heterocycles. The number of benzene rings is 2. The Labute approximate surface area is 176 Å². The third-order valence-corrected chi connectivity index (χ3v) is 5.06. The lowest BCUT2D eigenvalue weighted by Gasteiger charge is -2.11. The summed E-state index contributed by atoms with van der Waals surface area (Å²) in [6.45, 7) is 4.57. The molecule has 2 aromatic carbocycles. The first-order valence-corrected chi connectivity index (χ1v) is 9.96. The van der Waals surface area contributed by atoms with Crippen LogP contribution >= 0.6 is 0 Å². The van der Waals surface area contributed by atoms with Gasteiger partial charge in [-0.15, -0.1) is 0 Å². The van der Waals surface area contributed by atoms with Gasteiger partial charge in [-0.1, -0.05) is 36.4 Å². The lowest BCUT2D eigenvalue weighted by atomic mass is 9.99. The first kappa shape index (κ1) is 19.6. The number of para-hydroxylation sites is 1. The zero-order chi connectivity index (χ0) is 20.9. The van der Waals surface area contributed by atoms with Crippen molar-refractivity contribution in [1.29, 1.82) is 0 Å². The van der Waals surface area contributed by atoms with Gasteiger partial charge in [0.25, 0.3) is 0 Å². The average molecular weight is 396 g/mol. The Hall–Kier alpha value is -3.73. The largest absolute Gasteiger partial charge is 0.334 e. The molecule has 0 aliphatic rings. The Kier molecular flexibility index (Phi) is 5.70. The summed E-state index contributed by atoms with van der Waals surface area (Å²) in [7, 11) is 0. The fourth-order valence-electron chi connectivity index (χ4n) is 3.50. The monoisotopic (exact) mass is 396 g/mol. The second kappa shape index (κ2) is 8.74. The lowest BCUT2D eigenvalue weighted by Crippen LogP contribution is -2.28. The van der Waals surface area contributed by atoms with E-state index in [9.17, 15) is 4.79 Å². The summed E-state index contributed by atoms with van der Waals surface area (Å²) in [6, 6.07) is 20.0. The van der Waals surface area contributed by atoms with Crippen LogP contribution in [0.15, 0.2) is 73.1 Å². The highest BCUT2D eigenvalue weighted by Gasteiger charge is 2.06. The second-order valence-electron chi connectivity index (χ2n) is 7.47. The molecule has 4 aromatic rings. The normalized spacial score (nSPS) is 10.7. The van der Waals surface area contributed by atoms with Gasteiger partial charge in [0.2, 0.25) is 0 Å². The molecule has 5 heteroatoms. The van der Waals surface area contributed by atoms with Gasteiger partial charge in [-0.2, -0.15) is 0 Å². The second-order valence-corrected chi connectivity index (χ2v) is 7.47. The van der Waals surface area contributed by atoms with E-state index in [1.54, 1.807) is 6.20 Å². The number of hydrogen-bond acceptors (Lipinski definition) is 3. The van der Waals surface area contributed by atoms with Gasteiger partial charge < -0.3 is 10.6 Å². The van der Waals surface area contributed by atoms with E-state index in [1.807, 2.05) is 49.5 Å². The van der Waals surface area contributed by atoms with Crippen LogP contribution in [-0.4, -0.2) is 16.0 Å². The molecule has 0 saturated carbocycles. The summed E-state index contributed by atoms with van der Waals surface area (Å²) < 4.78 is 0. The summed E-state index contributed by atoms with van der Waals surface area (Å²) in [5.74, 6) is 0. The number of amides is 2. The van der Waals surface area contributed by atoms with Gasteiger partial charge in [-0.25, -0.2) is 4.79 Å². The number of pyridine rings is 2. The fourth-order valence-corrected chi connectivity index (χ4v) is 3.50. The molecule has 0 aliphatic heterocycles. The van der Waals surface area contributed by atoms with Crippen molar-refractivity contribution in [3.05, 3.63) is 101 Å². The predicted octanol–water partition coefficient (Wildman–Crippen LogP) is 5.16. The molecule has 2 amide bonds. The summed E-state index contributed by atoms with van der Waals surface area (Å²) in [5.41, 5.74) is 7.40. The van der Waals surface area contributed by atoms with Crippen molar-refractivity contribution in [2.24, 2.45) is 0 Å². The number of nitrogens with zero attached hydrogens (tertiary/aromatic N) is 2.